The highest BCUT2D eigenvalue weighted by Gasteiger charge is 2.35. The number of nitrogens with zero attached hydrogens (tertiary/aromatic N) is 2. The van der Waals surface area contributed by atoms with Gasteiger partial charge in [0.15, 0.2) is 5.78 Å². The lowest BCUT2D eigenvalue weighted by Crippen LogP contribution is -2.17. The van der Waals surface area contributed by atoms with Crippen LogP contribution in [0.15, 0.2) is 30.3 Å². The van der Waals surface area contributed by atoms with Crippen molar-refractivity contribution in [2.45, 2.75) is 25.9 Å². The van der Waals surface area contributed by atoms with Crippen molar-refractivity contribution in [1.29, 1.82) is 0 Å². The van der Waals surface area contributed by atoms with Gasteiger partial charge in [0, 0.05) is 60.2 Å². The minimum absolute atomic E-state index is 0.00852. The van der Waals surface area contributed by atoms with Gasteiger partial charge in [-0.05, 0) is 11.6 Å². The van der Waals surface area contributed by atoms with Crippen molar-refractivity contribution in [3.63, 3.8) is 0 Å². The number of nitrogens with two attached hydrogens (primary N) is 1. The molecule has 6 rings (SSSR count). The molecule has 2 aromatic heterocycles. The van der Waals surface area contributed by atoms with Gasteiger partial charge in [0.05, 0.1) is 22.3 Å². The number of benzene rings is 2. The fourth-order valence-electron chi connectivity index (χ4n) is 5.22. The van der Waals surface area contributed by atoms with Crippen LogP contribution in [-0.2, 0) is 17.9 Å². The Morgan fingerprint density at radius 3 is 2.81 bits per heavy atom. The van der Waals surface area contributed by atoms with E-state index < -0.39 is 0 Å². The van der Waals surface area contributed by atoms with E-state index >= 15 is 0 Å². The molecule has 0 spiro atoms. The van der Waals surface area contributed by atoms with Gasteiger partial charge in [0.1, 0.15) is 0 Å². The third-order valence-electron chi connectivity index (χ3n) is 6.50. The number of hydrogen-bond acceptors (Lipinski definition) is 3. The molecule has 1 aliphatic heterocycles. The summed E-state index contributed by atoms with van der Waals surface area (Å²) < 4.78 is 2.09. The minimum Gasteiger partial charge on any atom is -0.370 e. The van der Waals surface area contributed by atoms with Gasteiger partial charge in [0.2, 0.25) is 5.91 Å². The number of amides is 2. The molecule has 154 valence electrons. The zero-order valence-corrected chi connectivity index (χ0v) is 17.0. The number of hydrogen-bond donors (Lipinski definition) is 2. The molecule has 4 aromatic rings. The number of carbonyl (C=O) groups excluding carboxylic acids is 3. The van der Waals surface area contributed by atoms with Gasteiger partial charge in [-0.1, -0.05) is 30.4 Å². The van der Waals surface area contributed by atoms with E-state index in [1.165, 1.54) is 0 Å². The average Bonchev–Trinajstić information content (AvgIpc) is 3.37. The minimum atomic E-state index is -0.373. The van der Waals surface area contributed by atoms with E-state index in [1.54, 1.807) is 11.9 Å². The van der Waals surface area contributed by atoms with Crippen LogP contribution in [0.4, 0.5) is 0 Å². The van der Waals surface area contributed by atoms with Crippen LogP contribution in [0.5, 0.6) is 0 Å². The van der Waals surface area contributed by atoms with Crippen molar-refractivity contribution < 1.29 is 14.4 Å². The van der Waals surface area contributed by atoms with E-state index in [9.17, 15) is 14.4 Å². The summed E-state index contributed by atoms with van der Waals surface area (Å²) in [6.07, 6.45) is 4.32. The van der Waals surface area contributed by atoms with Gasteiger partial charge in [-0.15, -0.1) is 0 Å². The largest absolute Gasteiger partial charge is 0.370 e. The van der Waals surface area contributed by atoms with Crippen LogP contribution in [0.1, 0.15) is 44.8 Å². The van der Waals surface area contributed by atoms with E-state index in [4.69, 9.17) is 5.73 Å². The Hall–Kier alpha value is -3.87. The highest BCUT2D eigenvalue weighted by molar-refractivity contribution is 6.28. The van der Waals surface area contributed by atoms with Gasteiger partial charge in [-0.3, -0.25) is 14.4 Å². The first-order valence-electron chi connectivity index (χ1n) is 10.3. The second kappa shape index (κ2) is 6.07. The van der Waals surface area contributed by atoms with Crippen molar-refractivity contribution in [2.24, 2.45) is 5.73 Å². The fourth-order valence-corrected chi connectivity index (χ4v) is 5.22. The van der Waals surface area contributed by atoms with Crippen molar-refractivity contribution in [3.8, 4) is 0 Å². The molecule has 1 aliphatic carbocycles. The molecule has 0 radical (unpaired) electrons. The summed E-state index contributed by atoms with van der Waals surface area (Å²) in [6.45, 7) is 0.923. The van der Waals surface area contributed by atoms with Crippen LogP contribution >= 0.6 is 0 Å². The zero-order chi connectivity index (χ0) is 21.4. The second-order valence-electron chi connectivity index (χ2n) is 8.32. The quantitative estimate of drug-likeness (QED) is 0.540. The molecule has 0 unspecified atom stereocenters. The van der Waals surface area contributed by atoms with Crippen molar-refractivity contribution >= 4 is 56.4 Å². The van der Waals surface area contributed by atoms with Crippen LogP contribution < -0.4 is 5.73 Å². The summed E-state index contributed by atoms with van der Waals surface area (Å²) in [5.74, 6) is -0.402. The molecule has 7 nitrogen and oxygen atoms in total. The number of aryl methyl sites for hydroxylation is 1. The van der Waals surface area contributed by atoms with E-state index in [0.717, 1.165) is 43.8 Å². The molecular weight excluding hydrogens is 392 g/mol. The van der Waals surface area contributed by atoms with Crippen molar-refractivity contribution in [2.75, 3.05) is 7.05 Å². The van der Waals surface area contributed by atoms with Crippen LogP contribution in [0.3, 0.4) is 0 Å². The number of nitrogens with one attached hydrogen (secondary N) is 1. The first-order chi connectivity index (χ1) is 15.0. The Morgan fingerprint density at radius 1 is 1.19 bits per heavy atom. The topological polar surface area (TPSA) is 101 Å². The molecule has 0 saturated heterocycles. The molecule has 0 atom stereocenters. The third-order valence-corrected chi connectivity index (χ3v) is 6.50. The number of carbonyl (C=O) groups is 3. The summed E-state index contributed by atoms with van der Waals surface area (Å²) in [7, 11) is 1.80. The van der Waals surface area contributed by atoms with E-state index in [2.05, 4.69) is 9.55 Å². The molecule has 2 aromatic carbocycles. The van der Waals surface area contributed by atoms with E-state index in [0.29, 0.717) is 30.8 Å². The van der Waals surface area contributed by atoms with E-state index in [-0.39, 0.29) is 24.0 Å². The fraction of sp³-hybridized carbons (Fsp3) is 0.208. The zero-order valence-electron chi connectivity index (χ0n) is 17.0. The molecule has 0 fully saturated rings. The number of rotatable bonds is 3. The number of fused-ring (bicyclic) bond motifs is 10. The standard InChI is InChI=1S/C24H20N4O3/c1-27-11-14-18-12-5-2-3-7-15(12)28(10-9-17(25)30)23(18)22-19(20(14)24(27)31)13-6-4-8-16(29)21(13)26-22/h2-7,26H,8-11H2,1H3,(H2,25,30). The van der Waals surface area contributed by atoms with Crippen molar-refractivity contribution in [3.05, 3.63) is 52.7 Å². The maximum atomic E-state index is 13.2. The third kappa shape index (κ3) is 2.26. The number of primary amides is 1. The maximum absolute atomic E-state index is 13.2. The Kier molecular flexibility index (Phi) is 3.51. The highest BCUT2D eigenvalue weighted by Crippen LogP contribution is 2.45. The first-order valence-corrected chi connectivity index (χ1v) is 10.3. The van der Waals surface area contributed by atoms with Crippen LogP contribution in [0, 0.1) is 0 Å². The number of aromatic amines is 1. The Labute approximate surface area is 177 Å². The second-order valence-corrected chi connectivity index (χ2v) is 8.32. The summed E-state index contributed by atoms with van der Waals surface area (Å²) in [6, 6.07) is 8.00. The molecule has 0 saturated carbocycles. The lowest BCUT2D eigenvalue weighted by atomic mass is 9.94. The monoisotopic (exact) mass is 412 g/mol. The number of para-hydroxylation sites is 1. The molecule has 3 heterocycles. The van der Waals surface area contributed by atoms with Crippen molar-refractivity contribution in [1.82, 2.24) is 14.5 Å². The molecule has 7 heteroatoms. The number of H-pyrrole nitrogens is 1. The number of aromatic nitrogens is 2. The summed E-state index contributed by atoms with van der Waals surface area (Å²) in [4.78, 5) is 42.5. The SMILES string of the molecule is CN1Cc2c(c3c4c([nH]c3c3c2c2ccccc2n3CCC(N)=O)C(=O)CC=C4)C1=O. The predicted molar refractivity (Wildman–Crippen MR) is 119 cm³/mol. The number of Topliss-reactive ketones (excluding diaryl/α,β-unsaturated/α-hetero) is 1. The van der Waals surface area contributed by atoms with Gasteiger partial charge >= 0.3 is 0 Å². The Balaban J connectivity index is 1.87. The lowest BCUT2D eigenvalue weighted by Gasteiger charge is -2.09. The molecule has 2 aliphatic rings. The van der Waals surface area contributed by atoms with Crippen LogP contribution in [0.25, 0.3) is 38.8 Å². The lowest BCUT2D eigenvalue weighted by molar-refractivity contribution is -0.118. The predicted octanol–water partition coefficient (Wildman–Crippen LogP) is 3.34. The van der Waals surface area contributed by atoms with Crippen LogP contribution in [0.2, 0.25) is 0 Å². The van der Waals surface area contributed by atoms with E-state index in [1.807, 2.05) is 36.4 Å². The molecular formula is C24H20N4O3. The maximum Gasteiger partial charge on any atom is 0.254 e. The Bertz CT molecular complexity index is 1520. The molecule has 3 N–H and O–H groups in total. The van der Waals surface area contributed by atoms with Crippen LogP contribution in [-0.4, -0.2) is 39.1 Å². The highest BCUT2D eigenvalue weighted by atomic mass is 16.2. The summed E-state index contributed by atoms with van der Waals surface area (Å²) in [5.41, 5.74) is 11.1. The van der Waals surface area contributed by atoms with Gasteiger partial charge in [-0.25, -0.2) is 0 Å². The van der Waals surface area contributed by atoms with Gasteiger partial charge < -0.3 is 20.2 Å². The van der Waals surface area contributed by atoms with Gasteiger partial charge in [-0.2, -0.15) is 0 Å². The van der Waals surface area contributed by atoms with Gasteiger partial charge in [0.25, 0.3) is 5.91 Å². The Morgan fingerprint density at radius 2 is 2.00 bits per heavy atom. The first kappa shape index (κ1) is 17.9. The average molecular weight is 412 g/mol. The number of allylic oxidation sites excluding steroid dienone is 1. The summed E-state index contributed by atoms with van der Waals surface area (Å²) >= 11 is 0. The molecule has 31 heavy (non-hydrogen) atoms. The molecule has 2 amide bonds. The molecule has 0 bridgehead atoms. The smallest absolute Gasteiger partial charge is 0.254 e. The number of ketones is 1. The summed E-state index contributed by atoms with van der Waals surface area (Å²) in [5, 5.41) is 2.81. The normalized spacial score (nSPS) is 15.5.